The van der Waals surface area contributed by atoms with E-state index in [1.54, 1.807) is 6.08 Å². The Balaban J connectivity index is 2.41. The van der Waals surface area contributed by atoms with Crippen LogP contribution in [0.15, 0.2) is 12.6 Å². The van der Waals surface area contributed by atoms with Gasteiger partial charge < -0.3 is 0 Å². The van der Waals surface area contributed by atoms with Gasteiger partial charge >= 0.3 is 0 Å². The average Bonchev–Trinajstić information content (AvgIpc) is 2.78. The van der Waals surface area contributed by atoms with Gasteiger partial charge in [0.25, 0.3) is 0 Å². The molecule has 1 aromatic heterocycles. The molecule has 2 nitrogen and oxygen atoms in total. The van der Waals surface area contributed by atoms with Crippen molar-refractivity contribution in [2.75, 3.05) is 0 Å². The minimum Gasteiger partial charge on any atom is -0.281 e. The molecular formula is C15H26N2. The molecule has 0 aliphatic carbocycles. The number of hydrogen-bond acceptors (Lipinski definition) is 1. The third kappa shape index (κ3) is 4.37. The summed E-state index contributed by atoms with van der Waals surface area (Å²) in [6.07, 6.45) is 9.70. The molecule has 0 spiro atoms. The summed E-state index contributed by atoms with van der Waals surface area (Å²) in [5, 5.41) is 7.34. The largest absolute Gasteiger partial charge is 0.281 e. The van der Waals surface area contributed by atoms with Crippen molar-refractivity contribution in [1.29, 1.82) is 0 Å². The van der Waals surface area contributed by atoms with Crippen molar-refractivity contribution in [2.45, 2.75) is 64.7 Å². The van der Waals surface area contributed by atoms with Crippen LogP contribution in [0.5, 0.6) is 0 Å². The molecule has 0 bridgehead atoms. The van der Waals surface area contributed by atoms with Gasteiger partial charge in [0, 0.05) is 11.1 Å². The van der Waals surface area contributed by atoms with Crippen LogP contribution in [0.1, 0.15) is 70.7 Å². The van der Waals surface area contributed by atoms with Gasteiger partial charge in [0.2, 0.25) is 0 Å². The first kappa shape index (κ1) is 14.0. The van der Waals surface area contributed by atoms with Crippen LogP contribution in [0.2, 0.25) is 0 Å². The molecule has 0 aromatic carbocycles. The quantitative estimate of drug-likeness (QED) is 0.649. The molecule has 0 amide bonds. The minimum absolute atomic E-state index is 0.195. The standard InChI is InChI=1S/C15H26N2/c1-5-7-8-9-10-11-15(3,4)14-12-13(6-2)16-17-14/h6,12H,2,5,7-11H2,1,3-4H3,(H,16,17). The van der Waals surface area contributed by atoms with Gasteiger partial charge in [0.15, 0.2) is 0 Å². The Labute approximate surface area is 106 Å². The first-order valence-corrected chi connectivity index (χ1v) is 6.78. The molecule has 1 aromatic rings. The first-order chi connectivity index (χ1) is 8.10. The second-order valence-corrected chi connectivity index (χ2v) is 5.46. The van der Waals surface area contributed by atoms with Gasteiger partial charge in [-0.1, -0.05) is 59.5 Å². The van der Waals surface area contributed by atoms with Gasteiger partial charge in [-0.05, 0) is 18.6 Å². The molecule has 0 aliphatic heterocycles. The molecule has 1 heterocycles. The van der Waals surface area contributed by atoms with E-state index in [0.717, 1.165) is 5.69 Å². The summed E-state index contributed by atoms with van der Waals surface area (Å²) in [6.45, 7) is 10.6. The topological polar surface area (TPSA) is 28.7 Å². The summed E-state index contributed by atoms with van der Waals surface area (Å²) in [7, 11) is 0. The van der Waals surface area contributed by atoms with E-state index in [1.165, 1.54) is 44.2 Å². The summed E-state index contributed by atoms with van der Waals surface area (Å²) in [5.74, 6) is 0. The third-order valence-corrected chi connectivity index (χ3v) is 3.44. The van der Waals surface area contributed by atoms with E-state index in [9.17, 15) is 0 Å². The molecule has 0 saturated heterocycles. The lowest BCUT2D eigenvalue weighted by Crippen LogP contribution is -2.17. The highest BCUT2D eigenvalue weighted by Gasteiger charge is 2.22. The van der Waals surface area contributed by atoms with Crippen LogP contribution in [-0.4, -0.2) is 10.2 Å². The fraction of sp³-hybridized carbons (Fsp3) is 0.667. The van der Waals surface area contributed by atoms with Gasteiger partial charge in [0.05, 0.1) is 5.69 Å². The Bertz CT molecular complexity index is 336. The fourth-order valence-corrected chi connectivity index (χ4v) is 2.09. The van der Waals surface area contributed by atoms with Gasteiger partial charge in [-0.15, -0.1) is 0 Å². The van der Waals surface area contributed by atoms with E-state index in [-0.39, 0.29) is 5.41 Å². The van der Waals surface area contributed by atoms with Crippen LogP contribution in [0, 0.1) is 0 Å². The van der Waals surface area contributed by atoms with Crippen LogP contribution in [0.4, 0.5) is 0 Å². The highest BCUT2D eigenvalue weighted by atomic mass is 15.1. The van der Waals surface area contributed by atoms with Gasteiger partial charge in [-0.2, -0.15) is 5.10 Å². The second-order valence-electron chi connectivity index (χ2n) is 5.46. The number of nitrogens with one attached hydrogen (secondary N) is 1. The zero-order chi connectivity index (χ0) is 12.7. The lowest BCUT2D eigenvalue weighted by Gasteiger charge is -2.22. The number of aromatic amines is 1. The predicted molar refractivity (Wildman–Crippen MR) is 75.1 cm³/mol. The Hall–Kier alpha value is -1.05. The van der Waals surface area contributed by atoms with Crippen molar-refractivity contribution >= 4 is 6.08 Å². The molecule has 17 heavy (non-hydrogen) atoms. The summed E-state index contributed by atoms with van der Waals surface area (Å²) in [6, 6.07) is 2.11. The van der Waals surface area contributed by atoms with E-state index in [2.05, 4.69) is 43.6 Å². The van der Waals surface area contributed by atoms with Gasteiger partial charge in [0.1, 0.15) is 0 Å². The van der Waals surface area contributed by atoms with E-state index in [4.69, 9.17) is 0 Å². The minimum atomic E-state index is 0.195. The first-order valence-electron chi connectivity index (χ1n) is 6.78. The Kier molecular flexibility index (Phi) is 5.46. The van der Waals surface area contributed by atoms with Crippen molar-refractivity contribution in [1.82, 2.24) is 10.2 Å². The number of nitrogens with zero attached hydrogens (tertiary/aromatic N) is 1. The van der Waals surface area contributed by atoms with Crippen LogP contribution in [0.25, 0.3) is 6.08 Å². The zero-order valence-electron chi connectivity index (χ0n) is 11.6. The van der Waals surface area contributed by atoms with Crippen molar-refractivity contribution in [2.24, 2.45) is 0 Å². The lowest BCUT2D eigenvalue weighted by atomic mass is 9.83. The molecule has 2 heteroatoms. The summed E-state index contributed by atoms with van der Waals surface area (Å²) in [4.78, 5) is 0. The zero-order valence-corrected chi connectivity index (χ0v) is 11.6. The SMILES string of the molecule is C=Cc1cc(C(C)(C)CCCCCCC)[nH]n1. The maximum Gasteiger partial charge on any atom is 0.0845 e. The molecule has 1 rings (SSSR count). The summed E-state index contributed by atoms with van der Waals surface area (Å²) in [5.41, 5.74) is 2.36. The second kappa shape index (κ2) is 6.63. The molecule has 0 fully saturated rings. The molecule has 1 N–H and O–H groups in total. The van der Waals surface area contributed by atoms with E-state index in [1.807, 2.05) is 0 Å². The summed E-state index contributed by atoms with van der Waals surface area (Å²) < 4.78 is 0. The van der Waals surface area contributed by atoms with Crippen LogP contribution in [-0.2, 0) is 5.41 Å². The fourth-order valence-electron chi connectivity index (χ4n) is 2.09. The Morgan fingerprint density at radius 1 is 1.29 bits per heavy atom. The molecule has 0 atom stereocenters. The van der Waals surface area contributed by atoms with Crippen LogP contribution >= 0.6 is 0 Å². The van der Waals surface area contributed by atoms with Crippen molar-refractivity contribution in [3.05, 3.63) is 24.0 Å². The van der Waals surface area contributed by atoms with Gasteiger partial charge in [-0.3, -0.25) is 5.10 Å². The Morgan fingerprint density at radius 2 is 2.00 bits per heavy atom. The molecule has 0 aliphatic rings. The number of rotatable bonds is 8. The average molecular weight is 234 g/mol. The van der Waals surface area contributed by atoms with E-state index >= 15 is 0 Å². The molecule has 96 valence electrons. The molecule has 0 saturated carbocycles. The monoisotopic (exact) mass is 234 g/mol. The lowest BCUT2D eigenvalue weighted by molar-refractivity contribution is 0.432. The highest BCUT2D eigenvalue weighted by Crippen LogP contribution is 2.28. The van der Waals surface area contributed by atoms with E-state index in [0.29, 0.717) is 0 Å². The number of hydrogen-bond donors (Lipinski definition) is 1. The predicted octanol–water partition coefficient (Wildman–Crippen LogP) is 4.69. The maximum atomic E-state index is 4.22. The van der Waals surface area contributed by atoms with Gasteiger partial charge in [-0.25, -0.2) is 0 Å². The Morgan fingerprint density at radius 3 is 2.59 bits per heavy atom. The van der Waals surface area contributed by atoms with Crippen LogP contribution < -0.4 is 0 Å². The van der Waals surface area contributed by atoms with Crippen molar-refractivity contribution < 1.29 is 0 Å². The molecule has 0 radical (unpaired) electrons. The number of aromatic nitrogens is 2. The highest BCUT2D eigenvalue weighted by molar-refractivity contribution is 5.42. The van der Waals surface area contributed by atoms with Crippen molar-refractivity contribution in [3.8, 4) is 0 Å². The summed E-state index contributed by atoms with van der Waals surface area (Å²) >= 11 is 0. The van der Waals surface area contributed by atoms with Crippen LogP contribution in [0.3, 0.4) is 0 Å². The van der Waals surface area contributed by atoms with Crippen molar-refractivity contribution in [3.63, 3.8) is 0 Å². The number of unbranched alkanes of at least 4 members (excludes halogenated alkanes) is 4. The smallest absolute Gasteiger partial charge is 0.0845 e. The molecular weight excluding hydrogens is 208 g/mol. The van der Waals surface area contributed by atoms with E-state index < -0.39 is 0 Å². The normalized spacial score (nSPS) is 11.7. The third-order valence-electron chi connectivity index (χ3n) is 3.44. The maximum absolute atomic E-state index is 4.22. The molecule has 0 unspecified atom stereocenters. The number of H-pyrrole nitrogens is 1.